The van der Waals surface area contributed by atoms with Crippen LogP contribution in [-0.4, -0.2) is 46.4 Å². The van der Waals surface area contributed by atoms with Crippen molar-refractivity contribution in [2.45, 2.75) is 39.7 Å². The van der Waals surface area contributed by atoms with Crippen molar-refractivity contribution in [1.29, 1.82) is 0 Å². The lowest BCUT2D eigenvalue weighted by molar-refractivity contribution is 0.0996. The van der Waals surface area contributed by atoms with Crippen LogP contribution >= 0.6 is 11.6 Å². The maximum Gasteiger partial charge on any atom is 0.260 e. The molecule has 8 nitrogen and oxygen atoms in total. The van der Waals surface area contributed by atoms with Gasteiger partial charge in [0.25, 0.3) is 5.91 Å². The molecule has 2 aromatic rings. The zero-order valence-corrected chi connectivity index (χ0v) is 18.0. The Balaban J connectivity index is 1.56. The highest BCUT2D eigenvalue weighted by molar-refractivity contribution is 6.31. The maximum atomic E-state index is 13.1. The van der Waals surface area contributed by atoms with Gasteiger partial charge in [0.2, 0.25) is 0 Å². The van der Waals surface area contributed by atoms with E-state index in [2.05, 4.69) is 39.6 Å². The van der Waals surface area contributed by atoms with Crippen molar-refractivity contribution in [2.75, 3.05) is 30.0 Å². The summed E-state index contributed by atoms with van der Waals surface area (Å²) in [7, 11) is 0. The molecule has 0 aromatic carbocycles. The van der Waals surface area contributed by atoms with Crippen LogP contribution in [0.4, 0.5) is 11.6 Å². The molecule has 30 heavy (non-hydrogen) atoms. The zero-order valence-electron chi connectivity index (χ0n) is 17.3. The van der Waals surface area contributed by atoms with E-state index in [1.807, 2.05) is 18.2 Å². The van der Waals surface area contributed by atoms with Gasteiger partial charge in [-0.25, -0.2) is 9.97 Å². The number of hydrogen-bond donors (Lipinski definition) is 2. The first-order valence-corrected chi connectivity index (χ1v) is 10.8. The van der Waals surface area contributed by atoms with E-state index in [4.69, 9.17) is 16.6 Å². The van der Waals surface area contributed by atoms with Crippen molar-refractivity contribution in [1.82, 2.24) is 20.3 Å². The van der Waals surface area contributed by atoms with Gasteiger partial charge in [-0.05, 0) is 31.5 Å². The first-order chi connectivity index (χ1) is 14.6. The molecule has 4 rings (SSSR count). The standard InChI is InChI=1S/C21H26ClN7O/c1-3-5-6-10-23-17-11-14-15(19(22)26-17)12-29(21(14)30)18-9-7-8-16(25-18)20-27-24-13-28(20)4-2/h7-9,11,24H,3-6,10,12-13H2,1-2H3,(H,23,26). The van der Waals surface area contributed by atoms with Crippen molar-refractivity contribution in [3.63, 3.8) is 0 Å². The number of pyridine rings is 2. The summed E-state index contributed by atoms with van der Waals surface area (Å²) in [5.74, 6) is 1.88. The molecule has 0 unspecified atom stereocenters. The average molecular weight is 428 g/mol. The number of nitrogens with zero attached hydrogens (tertiary/aromatic N) is 5. The Morgan fingerprint density at radius 1 is 1.23 bits per heavy atom. The molecule has 4 heterocycles. The minimum Gasteiger partial charge on any atom is -0.370 e. The molecule has 2 aliphatic rings. The lowest BCUT2D eigenvalue weighted by Gasteiger charge is -2.18. The fourth-order valence-electron chi connectivity index (χ4n) is 3.64. The van der Waals surface area contributed by atoms with Gasteiger partial charge in [0.05, 0.1) is 12.1 Å². The van der Waals surface area contributed by atoms with Gasteiger partial charge >= 0.3 is 0 Å². The summed E-state index contributed by atoms with van der Waals surface area (Å²) in [4.78, 5) is 26.0. The average Bonchev–Trinajstić information content (AvgIpc) is 3.37. The van der Waals surface area contributed by atoms with Crippen LogP contribution in [0.25, 0.3) is 0 Å². The Morgan fingerprint density at radius 2 is 2.10 bits per heavy atom. The van der Waals surface area contributed by atoms with Crippen molar-refractivity contribution >= 4 is 35.0 Å². The lowest BCUT2D eigenvalue weighted by atomic mass is 10.2. The number of nitrogens with one attached hydrogen (secondary N) is 2. The van der Waals surface area contributed by atoms with E-state index in [-0.39, 0.29) is 5.91 Å². The molecular weight excluding hydrogens is 402 g/mol. The zero-order chi connectivity index (χ0) is 21.1. The highest BCUT2D eigenvalue weighted by atomic mass is 35.5. The smallest absolute Gasteiger partial charge is 0.260 e. The topological polar surface area (TPSA) is 85.8 Å². The summed E-state index contributed by atoms with van der Waals surface area (Å²) in [6, 6.07) is 7.42. The summed E-state index contributed by atoms with van der Waals surface area (Å²) in [6.07, 6.45) is 3.35. The van der Waals surface area contributed by atoms with Gasteiger partial charge in [0.15, 0.2) is 5.84 Å². The molecule has 0 saturated carbocycles. The molecule has 2 aromatic heterocycles. The molecule has 158 valence electrons. The van der Waals surface area contributed by atoms with E-state index in [0.717, 1.165) is 49.4 Å². The normalized spacial score (nSPS) is 15.3. The van der Waals surface area contributed by atoms with Gasteiger partial charge < -0.3 is 10.2 Å². The highest BCUT2D eigenvalue weighted by Gasteiger charge is 2.33. The number of amidine groups is 1. The van der Waals surface area contributed by atoms with Crippen LogP contribution in [0.3, 0.4) is 0 Å². The molecular formula is C21H26ClN7O. The molecule has 2 aliphatic heterocycles. The molecule has 1 amide bonds. The van der Waals surface area contributed by atoms with Gasteiger partial charge in [-0.1, -0.05) is 37.4 Å². The Hall–Kier alpha value is -2.87. The van der Waals surface area contributed by atoms with Gasteiger partial charge in [-0.3, -0.25) is 15.1 Å². The minimum absolute atomic E-state index is 0.116. The molecule has 9 heteroatoms. The van der Waals surface area contributed by atoms with Crippen LogP contribution in [0.15, 0.2) is 29.4 Å². The fraction of sp³-hybridized carbons (Fsp3) is 0.429. The van der Waals surface area contributed by atoms with Crippen LogP contribution in [0.1, 0.15) is 54.7 Å². The number of aromatic nitrogens is 2. The Bertz CT molecular complexity index is 978. The van der Waals surface area contributed by atoms with Gasteiger partial charge in [-0.2, -0.15) is 5.10 Å². The molecule has 0 fully saturated rings. The number of unbranched alkanes of at least 4 members (excludes halogenated alkanes) is 2. The number of carbonyl (C=O) groups is 1. The second kappa shape index (κ2) is 8.87. The number of hydrogen-bond acceptors (Lipinski definition) is 7. The third-order valence-electron chi connectivity index (χ3n) is 5.32. The number of anilines is 2. The molecule has 0 saturated heterocycles. The van der Waals surface area contributed by atoms with E-state index >= 15 is 0 Å². The van der Waals surface area contributed by atoms with Gasteiger partial charge in [-0.15, -0.1) is 0 Å². The number of fused-ring (bicyclic) bond motifs is 1. The summed E-state index contributed by atoms with van der Waals surface area (Å²) in [5, 5.41) is 7.97. The van der Waals surface area contributed by atoms with E-state index in [9.17, 15) is 4.79 Å². The number of rotatable bonds is 8. The SMILES string of the molecule is CCCCCNc1cc2c(c(Cl)n1)CN(c1cccc(C3=NNCN3CC)n1)C2=O. The molecule has 0 bridgehead atoms. The predicted octanol–water partition coefficient (Wildman–Crippen LogP) is 3.44. The molecule has 0 spiro atoms. The molecule has 0 radical (unpaired) electrons. The number of amides is 1. The second-order valence-corrected chi connectivity index (χ2v) is 7.70. The van der Waals surface area contributed by atoms with E-state index < -0.39 is 0 Å². The van der Waals surface area contributed by atoms with Crippen molar-refractivity contribution in [3.8, 4) is 0 Å². The van der Waals surface area contributed by atoms with Crippen LogP contribution in [0, 0.1) is 0 Å². The van der Waals surface area contributed by atoms with Gasteiger partial charge in [0.1, 0.15) is 29.2 Å². The monoisotopic (exact) mass is 427 g/mol. The number of carbonyl (C=O) groups excluding carboxylic acids is 1. The summed E-state index contributed by atoms with van der Waals surface area (Å²) >= 11 is 6.42. The van der Waals surface area contributed by atoms with Crippen LogP contribution < -0.4 is 15.6 Å². The third kappa shape index (κ3) is 3.92. The Kier molecular flexibility index (Phi) is 6.03. The molecule has 2 N–H and O–H groups in total. The van der Waals surface area contributed by atoms with Crippen molar-refractivity contribution in [2.24, 2.45) is 5.10 Å². The fourth-order valence-corrected chi connectivity index (χ4v) is 3.90. The summed E-state index contributed by atoms with van der Waals surface area (Å²) in [6.45, 7) is 6.87. The predicted molar refractivity (Wildman–Crippen MR) is 119 cm³/mol. The van der Waals surface area contributed by atoms with Crippen LogP contribution in [0.5, 0.6) is 0 Å². The largest absolute Gasteiger partial charge is 0.370 e. The van der Waals surface area contributed by atoms with Crippen LogP contribution in [0.2, 0.25) is 5.15 Å². The van der Waals surface area contributed by atoms with E-state index in [0.29, 0.717) is 35.6 Å². The van der Waals surface area contributed by atoms with Gasteiger partial charge in [0, 0.05) is 18.7 Å². The van der Waals surface area contributed by atoms with E-state index in [1.165, 1.54) is 0 Å². The lowest BCUT2D eigenvalue weighted by Crippen LogP contribution is -2.31. The summed E-state index contributed by atoms with van der Waals surface area (Å²) < 4.78 is 0. The Labute approximate surface area is 181 Å². The summed E-state index contributed by atoms with van der Waals surface area (Å²) in [5.41, 5.74) is 5.03. The Morgan fingerprint density at radius 3 is 2.90 bits per heavy atom. The minimum atomic E-state index is -0.116. The first-order valence-electron chi connectivity index (χ1n) is 10.4. The maximum absolute atomic E-state index is 13.1. The quantitative estimate of drug-likeness (QED) is 0.495. The second-order valence-electron chi connectivity index (χ2n) is 7.34. The van der Waals surface area contributed by atoms with E-state index in [1.54, 1.807) is 11.0 Å². The third-order valence-corrected chi connectivity index (χ3v) is 5.63. The van der Waals surface area contributed by atoms with Crippen molar-refractivity contribution < 1.29 is 4.79 Å². The highest BCUT2D eigenvalue weighted by Crippen LogP contribution is 2.32. The molecule has 0 atom stereocenters. The number of hydrazone groups is 1. The van der Waals surface area contributed by atoms with Crippen molar-refractivity contribution in [3.05, 3.63) is 46.2 Å². The molecule has 0 aliphatic carbocycles. The van der Waals surface area contributed by atoms with Crippen LogP contribution in [-0.2, 0) is 6.54 Å². The first kappa shape index (κ1) is 20.4. The number of halogens is 1.